The molecule has 1 heterocycles. The molecule has 0 aliphatic carbocycles. The Morgan fingerprint density at radius 2 is 2.10 bits per heavy atom. The second kappa shape index (κ2) is 6.26. The molecule has 0 radical (unpaired) electrons. The number of likely N-dealkylation sites (tertiary alicyclic amines) is 1. The lowest BCUT2D eigenvalue weighted by Crippen LogP contribution is -2.39. The van der Waals surface area contributed by atoms with Crippen molar-refractivity contribution in [2.24, 2.45) is 11.3 Å². The smallest absolute Gasteiger partial charge is 0.234 e. The molecule has 3 N–H and O–H groups in total. The summed E-state index contributed by atoms with van der Waals surface area (Å²) < 4.78 is 0. The van der Waals surface area contributed by atoms with Crippen LogP contribution in [0.2, 0.25) is 0 Å². The van der Waals surface area contributed by atoms with Crippen molar-refractivity contribution in [1.82, 2.24) is 20.4 Å². The number of nitrogens with one attached hydrogen (secondary N) is 3. The van der Waals surface area contributed by atoms with E-state index < -0.39 is 5.41 Å². The maximum Gasteiger partial charge on any atom is 0.234 e. The molecule has 1 rings (SSSR count). The quantitative estimate of drug-likeness (QED) is 0.500. The second-order valence-electron chi connectivity index (χ2n) is 6.04. The van der Waals surface area contributed by atoms with Crippen molar-refractivity contribution in [3.63, 3.8) is 0 Å². The molecule has 6 heteroatoms. The van der Waals surface area contributed by atoms with Crippen molar-refractivity contribution >= 4 is 11.7 Å². The summed E-state index contributed by atoms with van der Waals surface area (Å²) in [6.45, 7) is 5.37. The minimum Gasteiger partial charge on any atom is -0.392 e. The maximum absolute atomic E-state index is 12.6. The Balaban J connectivity index is 2.96. The standard InChI is InChI=1S/C14H27N5O/c1-14(2)10(8-18(5)6)9-19(13(14)20)12(15)11(17-4)7-16-3/h7,10,15-17H,8-9H2,1-6H3/b11-7+,15-12?. The Kier molecular flexibility index (Phi) is 5.16. The third-order valence-electron chi connectivity index (χ3n) is 3.89. The third-order valence-corrected chi connectivity index (χ3v) is 3.89. The van der Waals surface area contributed by atoms with Crippen LogP contribution in [0.15, 0.2) is 11.9 Å². The van der Waals surface area contributed by atoms with Crippen molar-refractivity contribution in [3.05, 3.63) is 11.9 Å². The summed E-state index contributed by atoms with van der Waals surface area (Å²) in [6.07, 6.45) is 1.70. The van der Waals surface area contributed by atoms with Gasteiger partial charge in [-0.25, -0.2) is 0 Å². The predicted octanol–water partition coefficient (Wildman–Crippen LogP) is 0.290. The van der Waals surface area contributed by atoms with E-state index in [1.165, 1.54) is 0 Å². The molecule has 1 saturated heterocycles. The van der Waals surface area contributed by atoms with Gasteiger partial charge in [-0.2, -0.15) is 0 Å². The molecular formula is C14H27N5O. The monoisotopic (exact) mass is 281 g/mol. The number of amides is 1. The maximum atomic E-state index is 12.6. The van der Waals surface area contributed by atoms with Crippen molar-refractivity contribution in [3.8, 4) is 0 Å². The number of nitrogens with zero attached hydrogens (tertiary/aromatic N) is 2. The molecule has 1 atom stereocenters. The SMILES string of the molecule is CN/C=C(/NC)C(=N)N1CC(CN(C)C)C(C)(C)C1=O. The van der Waals surface area contributed by atoms with Crippen LogP contribution in [0.4, 0.5) is 0 Å². The molecule has 1 aliphatic rings. The molecule has 6 nitrogen and oxygen atoms in total. The van der Waals surface area contributed by atoms with E-state index in [0.717, 1.165) is 6.54 Å². The first kappa shape index (κ1) is 16.5. The van der Waals surface area contributed by atoms with Crippen molar-refractivity contribution < 1.29 is 4.79 Å². The normalized spacial score (nSPS) is 22.4. The lowest BCUT2D eigenvalue weighted by Gasteiger charge is -2.25. The predicted molar refractivity (Wildman–Crippen MR) is 81.5 cm³/mol. The van der Waals surface area contributed by atoms with Crippen molar-refractivity contribution in [2.45, 2.75) is 13.8 Å². The molecule has 0 spiro atoms. The average molecular weight is 281 g/mol. The minimum absolute atomic E-state index is 0.0200. The van der Waals surface area contributed by atoms with Crippen LogP contribution in [0.3, 0.4) is 0 Å². The Bertz CT molecular complexity index is 414. The van der Waals surface area contributed by atoms with Gasteiger partial charge in [0.1, 0.15) is 0 Å². The van der Waals surface area contributed by atoms with Crippen molar-refractivity contribution in [2.75, 3.05) is 41.3 Å². The first-order chi connectivity index (χ1) is 9.25. The zero-order chi connectivity index (χ0) is 15.5. The number of hydrogen-bond acceptors (Lipinski definition) is 5. The van der Waals surface area contributed by atoms with Gasteiger partial charge in [0, 0.05) is 44.7 Å². The van der Waals surface area contributed by atoms with Crippen LogP contribution >= 0.6 is 0 Å². The zero-order valence-electron chi connectivity index (χ0n) is 13.4. The fourth-order valence-corrected chi connectivity index (χ4v) is 2.52. The molecule has 1 fully saturated rings. The molecule has 114 valence electrons. The number of likely N-dealkylation sites (N-methyl/N-ethyl adjacent to an activating group) is 1. The van der Waals surface area contributed by atoms with Gasteiger partial charge in [0.05, 0.1) is 5.70 Å². The Hall–Kier alpha value is -1.56. The summed E-state index contributed by atoms with van der Waals surface area (Å²) in [5, 5.41) is 14.1. The Morgan fingerprint density at radius 1 is 1.50 bits per heavy atom. The van der Waals surface area contributed by atoms with Gasteiger partial charge in [-0.15, -0.1) is 0 Å². The van der Waals surface area contributed by atoms with Gasteiger partial charge < -0.3 is 15.5 Å². The fourth-order valence-electron chi connectivity index (χ4n) is 2.52. The molecule has 0 aromatic rings. The van der Waals surface area contributed by atoms with Gasteiger partial charge in [-0.1, -0.05) is 13.8 Å². The summed E-state index contributed by atoms with van der Waals surface area (Å²) in [4.78, 5) is 16.2. The molecule has 0 saturated carbocycles. The Labute approximate surface area is 121 Å². The summed E-state index contributed by atoms with van der Waals surface area (Å²) in [7, 11) is 7.54. The second-order valence-corrected chi connectivity index (χ2v) is 6.04. The van der Waals surface area contributed by atoms with Gasteiger partial charge >= 0.3 is 0 Å². The number of carbonyl (C=O) groups excluding carboxylic acids is 1. The van der Waals surface area contributed by atoms with Crippen LogP contribution in [0, 0.1) is 16.7 Å². The van der Waals surface area contributed by atoms with E-state index in [1.54, 1.807) is 25.2 Å². The molecule has 0 aromatic heterocycles. The number of carbonyl (C=O) groups is 1. The highest BCUT2D eigenvalue weighted by atomic mass is 16.2. The largest absolute Gasteiger partial charge is 0.392 e. The number of amidine groups is 1. The molecule has 1 amide bonds. The molecule has 0 bridgehead atoms. The average Bonchev–Trinajstić information content (AvgIpc) is 2.58. The van der Waals surface area contributed by atoms with Crippen LogP contribution in [0.25, 0.3) is 0 Å². The highest BCUT2D eigenvalue weighted by Crippen LogP contribution is 2.37. The summed E-state index contributed by atoms with van der Waals surface area (Å²) >= 11 is 0. The fraction of sp³-hybridized carbons (Fsp3) is 0.714. The van der Waals surface area contributed by atoms with E-state index in [0.29, 0.717) is 12.2 Å². The lowest BCUT2D eigenvalue weighted by atomic mass is 9.81. The molecular weight excluding hydrogens is 254 g/mol. The number of rotatable bonds is 5. The Morgan fingerprint density at radius 3 is 2.55 bits per heavy atom. The van der Waals surface area contributed by atoms with E-state index in [-0.39, 0.29) is 17.7 Å². The van der Waals surface area contributed by atoms with E-state index >= 15 is 0 Å². The molecule has 1 aliphatic heterocycles. The van der Waals surface area contributed by atoms with Gasteiger partial charge in [-0.05, 0) is 14.1 Å². The molecule has 20 heavy (non-hydrogen) atoms. The van der Waals surface area contributed by atoms with Crippen LogP contribution in [-0.4, -0.2) is 62.8 Å². The number of hydrogen-bond donors (Lipinski definition) is 3. The first-order valence-electron chi connectivity index (χ1n) is 6.86. The third kappa shape index (κ3) is 3.12. The molecule has 1 unspecified atom stereocenters. The first-order valence-corrected chi connectivity index (χ1v) is 6.86. The van der Waals surface area contributed by atoms with Gasteiger partial charge in [0.25, 0.3) is 0 Å². The van der Waals surface area contributed by atoms with E-state index in [1.807, 2.05) is 27.9 Å². The molecule has 0 aromatic carbocycles. The minimum atomic E-state index is -0.435. The summed E-state index contributed by atoms with van der Waals surface area (Å²) in [6, 6.07) is 0. The van der Waals surface area contributed by atoms with Gasteiger partial charge in [0.15, 0.2) is 5.84 Å². The van der Waals surface area contributed by atoms with Crippen LogP contribution in [0.5, 0.6) is 0 Å². The van der Waals surface area contributed by atoms with Crippen molar-refractivity contribution in [1.29, 1.82) is 5.41 Å². The zero-order valence-corrected chi connectivity index (χ0v) is 13.4. The van der Waals surface area contributed by atoms with Gasteiger partial charge in [0.2, 0.25) is 5.91 Å². The lowest BCUT2D eigenvalue weighted by molar-refractivity contribution is -0.132. The van der Waals surface area contributed by atoms with Gasteiger partial charge in [-0.3, -0.25) is 15.1 Å². The van der Waals surface area contributed by atoms with E-state index in [2.05, 4.69) is 15.5 Å². The summed E-state index contributed by atoms with van der Waals surface area (Å²) in [5.74, 6) is 0.464. The topological polar surface area (TPSA) is 71.5 Å². The van der Waals surface area contributed by atoms with E-state index in [4.69, 9.17) is 5.41 Å². The van der Waals surface area contributed by atoms with E-state index in [9.17, 15) is 4.79 Å². The van der Waals surface area contributed by atoms with Crippen LogP contribution in [-0.2, 0) is 4.79 Å². The van der Waals surface area contributed by atoms with Crippen LogP contribution in [0.1, 0.15) is 13.8 Å². The highest BCUT2D eigenvalue weighted by molar-refractivity contribution is 6.08. The van der Waals surface area contributed by atoms with Crippen LogP contribution < -0.4 is 10.6 Å². The highest BCUT2D eigenvalue weighted by Gasteiger charge is 2.48. The summed E-state index contributed by atoms with van der Waals surface area (Å²) in [5.41, 5.74) is 0.178.